The van der Waals surface area contributed by atoms with E-state index in [0.29, 0.717) is 0 Å². The number of thioether (sulfide) groups is 1. The van der Waals surface area contributed by atoms with Crippen LogP contribution in [0.3, 0.4) is 0 Å². The molecule has 0 spiro atoms. The van der Waals surface area contributed by atoms with E-state index in [1.54, 1.807) is 26.0 Å². The average molecular weight is 387 g/mol. The van der Waals surface area contributed by atoms with Gasteiger partial charge in [0, 0.05) is 55.3 Å². The second kappa shape index (κ2) is 9.49. The van der Waals surface area contributed by atoms with Crippen molar-refractivity contribution in [3.63, 3.8) is 0 Å². The molecule has 0 aromatic heterocycles. The second-order valence-electron chi connectivity index (χ2n) is 6.99. The summed E-state index contributed by atoms with van der Waals surface area (Å²) >= 11 is 1.79. The van der Waals surface area contributed by atoms with Gasteiger partial charge in [0.05, 0.1) is 14.2 Å². The standard InChI is InChI=1S/C22H30N2O2S/c1-17-21(25-2)10-7-19(22(17)26-3)16-24-13-11-23(12-14-24)15-18-5-8-20(27-4)9-6-18/h5-10H,11-16H2,1-4H3. The normalized spacial score (nSPS) is 15.7. The van der Waals surface area contributed by atoms with Crippen LogP contribution in [-0.2, 0) is 13.1 Å². The Kier molecular flexibility index (Phi) is 7.05. The number of methoxy groups -OCH3 is 2. The van der Waals surface area contributed by atoms with E-state index in [1.165, 1.54) is 16.0 Å². The lowest BCUT2D eigenvalue weighted by Gasteiger charge is -2.35. The molecule has 1 aliphatic rings. The Labute approximate surface area is 167 Å². The molecule has 0 amide bonds. The Morgan fingerprint density at radius 1 is 0.852 bits per heavy atom. The van der Waals surface area contributed by atoms with Gasteiger partial charge in [0.2, 0.25) is 0 Å². The molecule has 3 rings (SSSR count). The topological polar surface area (TPSA) is 24.9 Å². The lowest BCUT2D eigenvalue weighted by atomic mass is 10.1. The van der Waals surface area contributed by atoms with Crippen molar-refractivity contribution < 1.29 is 9.47 Å². The first kappa shape index (κ1) is 20.1. The molecule has 0 saturated carbocycles. The van der Waals surface area contributed by atoms with E-state index in [9.17, 15) is 0 Å². The van der Waals surface area contributed by atoms with Gasteiger partial charge in [-0.2, -0.15) is 0 Å². The zero-order valence-corrected chi connectivity index (χ0v) is 17.6. The minimum atomic E-state index is 0.882. The predicted octanol–water partition coefficient (Wildman–Crippen LogP) is 4.05. The summed E-state index contributed by atoms with van der Waals surface area (Å²) in [6.07, 6.45) is 2.12. The number of hydrogen-bond donors (Lipinski definition) is 0. The second-order valence-corrected chi connectivity index (χ2v) is 7.87. The largest absolute Gasteiger partial charge is 0.496 e. The van der Waals surface area contributed by atoms with Crippen molar-refractivity contribution in [2.24, 2.45) is 0 Å². The van der Waals surface area contributed by atoms with E-state index < -0.39 is 0 Å². The maximum Gasteiger partial charge on any atom is 0.129 e. The molecule has 146 valence electrons. The summed E-state index contributed by atoms with van der Waals surface area (Å²) in [6, 6.07) is 13.1. The summed E-state index contributed by atoms with van der Waals surface area (Å²) in [5.41, 5.74) is 3.70. The maximum absolute atomic E-state index is 5.66. The molecular weight excluding hydrogens is 356 g/mol. The summed E-state index contributed by atoms with van der Waals surface area (Å²) in [6.45, 7) is 8.37. The zero-order valence-electron chi connectivity index (χ0n) is 16.8. The summed E-state index contributed by atoms with van der Waals surface area (Å²) in [4.78, 5) is 6.38. The van der Waals surface area contributed by atoms with Gasteiger partial charge in [-0.05, 0) is 36.9 Å². The van der Waals surface area contributed by atoms with Crippen molar-refractivity contribution in [3.8, 4) is 11.5 Å². The van der Waals surface area contributed by atoms with E-state index in [-0.39, 0.29) is 0 Å². The van der Waals surface area contributed by atoms with Gasteiger partial charge in [-0.3, -0.25) is 9.80 Å². The minimum absolute atomic E-state index is 0.882. The molecule has 5 heteroatoms. The van der Waals surface area contributed by atoms with Crippen LogP contribution in [0.4, 0.5) is 0 Å². The van der Waals surface area contributed by atoms with Gasteiger partial charge < -0.3 is 9.47 Å². The number of benzene rings is 2. The van der Waals surface area contributed by atoms with E-state index in [4.69, 9.17) is 9.47 Å². The van der Waals surface area contributed by atoms with E-state index in [0.717, 1.165) is 56.3 Å². The highest BCUT2D eigenvalue weighted by Gasteiger charge is 2.19. The fourth-order valence-electron chi connectivity index (χ4n) is 3.70. The molecule has 2 aromatic carbocycles. The number of hydrogen-bond acceptors (Lipinski definition) is 5. The highest BCUT2D eigenvalue weighted by Crippen LogP contribution is 2.32. The van der Waals surface area contributed by atoms with Crippen molar-refractivity contribution >= 4 is 11.8 Å². The first-order valence-corrected chi connectivity index (χ1v) is 10.6. The summed E-state index contributed by atoms with van der Waals surface area (Å²) in [5.74, 6) is 1.83. The van der Waals surface area contributed by atoms with E-state index in [2.05, 4.69) is 53.3 Å². The Morgan fingerprint density at radius 3 is 2.04 bits per heavy atom. The Morgan fingerprint density at radius 2 is 1.48 bits per heavy atom. The zero-order chi connectivity index (χ0) is 19.2. The number of ether oxygens (including phenoxy) is 2. The van der Waals surface area contributed by atoms with Gasteiger partial charge in [-0.15, -0.1) is 11.8 Å². The third-order valence-electron chi connectivity index (χ3n) is 5.29. The Bertz CT molecular complexity index is 741. The smallest absolute Gasteiger partial charge is 0.129 e. The number of rotatable bonds is 7. The van der Waals surface area contributed by atoms with Gasteiger partial charge >= 0.3 is 0 Å². The van der Waals surface area contributed by atoms with Crippen LogP contribution in [0.2, 0.25) is 0 Å². The lowest BCUT2D eigenvalue weighted by molar-refractivity contribution is 0.121. The summed E-state index contributed by atoms with van der Waals surface area (Å²) in [5, 5.41) is 0. The van der Waals surface area contributed by atoms with Crippen molar-refractivity contribution in [1.82, 2.24) is 9.80 Å². The third kappa shape index (κ3) is 4.98. The van der Waals surface area contributed by atoms with Gasteiger partial charge in [0.25, 0.3) is 0 Å². The van der Waals surface area contributed by atoms with E-state index in [1.807, 2.05) is 6.07 Å². The first-order chi connectivity index (χ1) is 13.1. The first-order valence-electron chi connectivity index (χ1n) is 9.42. The molecule has 2 aromatic rings. The molecule has 1 saturated heterocycles. The van der Waals surface area contributed by atoms with Crippen LogP contribution in [0.5, 0.6) is 11.5 Å². The fourth-order valence-corrected chi connectivity index (χ4v) is 4.10. The fraction of sp³-hybridized carbons (Fsp3) is 0.455. The third-order valence-corrected chi connectivity index (χ3v) is 6.03. The minimum Gasteiger partial charge on any atom is -0.496 e. The highest BCUT2D eigenvalue weighted by molar-refractivity contribution is 7.98. The summed E-state index contributed by atoms with van der Waals surface area (Å²) < 4.78 is 11.1. The quantitative estimate of drug-likeness (QED) is 0.669. The van der Waals surface area contributed by atoms with Crippen molar-refractivity contribution in [2.75, 3.05) is 46.7 Å². The molecular formula is C22H30N2O2S. The van der Waals surface area contributed by atoms with Crippen LogP contribution in [0.1, 0.15) is 16.7 Å². The summed E-state index contributed by atoms with van der Waals surface area (Å²) in [7, 11) is 3.45. The van der Waals surface area contributed by atoms with Gasteiger partial charge in [-0.1, -0.05) is 18.2 Å². The van der Waals surface area contributed by atoms with Crippen LogP contribution < -0.4 is 9.47 Å². The molecule has 0 unspecified atom stereocenters. The maximum atomic E-state index is 5.66. The molecule has 0 N–H and O–H groups in total. The molecule has 1 aliphatic heterocycles. The Hall–Kier alpha value is -1.69. The van der Waals surface area contributed by atoms with Crippen molar-refractivity contribution in [1.29, 1.82) is 0 Å². The van der Waals surface area contributed by atoms with Gasteiger partial charge in [-0.25, -0.2) is 0 Å². The van der Waals surface area contributed by atoms with Crippen LogP contribution in [-0.4, -0.2) is 56.5 Å². The molecule has 27 heavy (non-hydrogen) atoms. The van der Waals surface area contributed by atoms with Crippen molar-refractivity contribution in [2.45, 2.75) is 24.9 Å². The number of piperazine rings is 1. The monoisotopic (exact) mass is 386 g/mol. The van der Waals surface area contributed by atoms with Crippen LogP contribution in [0, 0.1) is 6.92 Å². The van der Waals surface area contributed by atoms with Gasteiger partial charge in [0.1, 0.15) is 11.5 Å². The predicted molar refractivity (Wildman–Crippen MR) is 113 cm³/mol. The molecule has 1 heterocycles. The van der Waals surface area contributed by atoms with Gasteiger partial charge in [0.15, 0.2) is 0 Å². The molecule has 1 fully saturated rings. The van der Waals surface area contributed by atoms with Crippen LogP contribution >= 0.6 is 11.8 Å². The molecule has 0 atom stereocenters. The SMILES string of the molecule is COc1ccc(CN2CCN(Cc3ccc(SC)cc3)CC2)c(OC)c1C. The van der Waals surface area contributed by atoms with Crippen molar-refractivity contribution in [3.05, 3.63) is 53.1 Å². The van der Waals surface area contributed by atoms with E-state index >= 15 is 0 Å². The van der Waals surface area contributed by atoms with Crippen LogP contribution in [0.15, 0.2) is 41.3 Å². The van der Waals surface area contributed by atoms with Crippen LogP contribution in [0.25, 0.3) is 0 Å². The lowest BCUT2D eigenvalue weighted by Crippen LogP contribution is -2.45. The molecule has 0 radical (unpaired) electrons. The molecule has 0 bridgehead atoms. The molecule has 4 nitrogen and oxygen atoms in total. The number of nitrogens with zero attached hydrogens (tertiary/aromatic N) is 2. The highest BCUT2D eigenvalue weighted by atomic mass is 32.2. The Balaban J connectivity index is 1.55. The molecule has 0 aliphatic carbocycles. The average Bonchev–Trinajstić information content (AvgIpc) is 2.70.